The lowest BCUT2D eigenvalue weighted by molar-refractivity contribution is -0.130. The van der Waals surface area contributed by atoms with Crippen molar-refractivity contribution in [1.29, 1.82) is 0 Å². The van der Waals surface area contributed by atoms with E-state index in [4.69, 9.17) is 18.9 Å². The third-order valence-electron chi connectivity index (χ3n) is 18.3. The van der Waals surface area contributed by atoms with Crippen molar-refractivity contribution in [3.05, 3.63) is 107 Å². The molecule has 376 valence electrons. The summed E-state index contributed by atoms with van der Waals surface area (Å²) >= 11 is 0. The molecule has 1 saturated heterocycles. The molecule has 0 radical (unpaired) electrons. The van der Waals surface area contributed by atoms with Gasteiger partial charge < -0.3 is 34.3 Å². The van der Waals surface area contributed by atoms with E-state index in [0.717, 1.165) is 95.8 Å². The average molecular weight is 945 g/mol. The van der Waals surface area contributed by atoms with Crippen LogP contribution in [0.5, 0.6) is 11.5 Å². The minimum absolute atomic E-state index is 0.0352. The van der Waals surface area contributed by atoms with Gasteiger partial charge in [0.1, 0.15) is 23.2 Å². The first-order valence-electron chi connectivity index (χ1n) is 26.9. The van der Waals surface area contributed by atoms with Gasteiger partial charge in [0, 0.05) is 38.4 Å². The monoisotopic (exact) mass is 945 g/mol. The maximum Gasteiger partial charge on any atom is 0.407 e. The van der Waals surface area contributed by atoms with Crippen LogP contribution in [0.3, 0.4) is 0 Å². The summed E-state index contributed by atoms with van der Waals surface area (Å²) in [5, 5.41) is 14.3. The Labute approximate surface area is 414 Å². The second-order valence-electron chi connectivity index (χ2n) is 22.7. The molecule has 1 aliphatic heterocycles. The van der Waals surface area contributed by atoms with E-state index in [1.54, 1.807) is 24.7 Å². The van der Waals surface area contributed by atoms with E-state index < -0.39 is 11.7 Å². The van der Waals surface area contributed by atoms with Crippen LogP contribution >= 0.6 is 0 Å². The zero-order chi connectivity index (χ0) is 48.8. The van der Waals surface area contributed by atoms with Crippen molar-refractivity contribution in [1.82, 2.24) is 10.2 Å². The summed E-state index contributed by atoms with van der Waals surface area (Å²) in [6.07, 6.45) is 18.0. The maximum atomic E-state index is 13.5. The van der Waals surface area contributed by atoms with E-state index in [1.165, 1.54) is 51.4 Å². The van der Waals surface area contributed by atoms with Gasteiger partial charge in [0.15, 0.2) is 0 Å². The number of benzene rings is 3. The summed E-state index contributed by atoms with van der Waals surface area (Å²) in [5.41, 5.74) is 4.04. The molecule has 0 bridgehead atoms. The Balaban J connectivity index is 0.774. The Morgan fingerprint density at radius 1 is 0.783 bits per heavy atom. The van der Waals surface area contributed by atoms with Crippen LogP contribution in [0.2, 0.25) is 0 Å². The minimum atomic E-state index is -1.00. The number of hydrogen-bond acceptors (Lipinski definition) is 7. The molecule has 1 heterocycles. The van der Waals surface area contributed by atoms with E-state index in [9.17, 15) is 14.7 Å². The Hall–Kier alpha value is -4.34. The summed E-state index contributed by atoms with van der Waals surface area (Å²) in [6, 6.07) is 25.9. The van der Waals surface area contributed by atoms with Crippen molar-refractivity contribution in [2.24, 2.45) is 52.3 Å². The molecule has 5 unspecified atom stereocenters. The van der Waals surface area contributed by atoms with Crippen LogP contribution in [-0.4, -0.2) is 74.7 Å². The second kappa shape index (κ2) is 22.4. The van der Waals surface area contributed by atoms with Gasteiger partial charge in [-0.1, -0.05) is 127 Å². The van der Waals surface area contributed by atoms with Gasteiger partial charge in [-0.2, -0.15) is 0 Å². The van der Waals surface area contributed by atoms with Crippen LogP contribution in [0, 0.1) is 52.3 Å². The Bertz CT molecular complexity index is 2130. The van der Waals surface area contributed by atoms with Crippen LogP contribution in [-0.2, 0) is 19.9 Å². The molecule has 3 saturated carbocycles. The number of aliphatic hydroxyl groups is 1. The first-order chi connectivity index (χ1) is 33.3. The number of aliphatic hydroxyl groups excluding tert-OH is 1. The SMILES string of the molecule is COc1ccc(C(OCC2CN(C(=O)CCCCCNC(=O)O[C@H]3CC[C@@]4(C)C(=CCC5C6CC[C@H](C(C)CCCC(C)C)[C@@]6(C)CC[C@@H]54)C3)CC2O)(c2ccccc2)c2ccc(OC)cc2)cc1. The normalized spacial score (nSPS) is 29.1. The number of hydrogen-bond donors (Lipinski definition) is 2. The van der Waals surface area contributed by atoms with Gasteiger partial charge in [0.05, 0.1) is 26.9 Å². The number of nitrogens with zero attached hydrogens (tertiary/aromatic N) is 1. The van der Waals surface area contributed by atoms with Crippen LogP contribution < -0.4 is 14.8 Å². The first-order valence-corrected chi connectivity index (χ1v) is 26.9. The van der Waals surface area contributed by atoms with Gasteiger partial charge in [-0.05, 0) is 145 Å². The molecule has 2 N–H and O–H groups in total. The van der Waals surface area contributed by atoms with Crippen molar-refractivity contribution in [2.45, 2.75) is 149 Å². The van der Waals surface area contributed by atoms with E-state index in [1.807, 2.05) is 66.7 Å². The van der Waals surface area contributed by atoms with E-state index >= 15 is 0 Å². The maximum absolute atomic E-state index is 13.5. The summed E-state index contributed by atoms with van der Waals surface area (Å²) in [7, 11) is 3.30. The molecular formula is C60H84N2O7. The summed E-state index contributed by atoms with van der Waals surface area (Å²) in [5.74, 6) is 6.14. The standard InChI is InChI=1S/C60H84N2O7/c1-41(2)15-14-16-42(3)52-30-31-53-51-29-24-47-37-50(32-34-58(47,4)54(51)33-35-59(52,53)5)69-57(65)61-36-13-9-12-19-56(64)62-38-43(55(63)39-62)40-68-60(44-17-10-8-11-18-44,45-20-25-48(66-6)26-21-45)46-22-27-49(67-7)28-23-46/h8,10-11,17-18,20-28,41-43,50-55,63H,9,12-16,19,29-40H2,1-7H3,(H,61,65)/t42?,43?,50-,51?,52+,53?,54-,55?,58-,59+/m0/s1. The number of likely N-dealkylation sites (tertiary alicyclic amines) is 1. The number of methoxy groups -OCH3 is 2. The number of amides is 2. The van der Waals surface area contributed by atoms with Crippen molar-refractivity contribution in [3.63, 3.8) is 0 Å². The van der Waals surface area contributed by atoms with Crippen molar-refractivity contribution in [3.8, 4) is 11.5 Å². The quantitative estimate of drug-likeness (QED) is 0.0660. The smallest absolute Gasteiger partial charge is 0.407 e. The highest BCUT2D eigenvalue weighted by molar-refractivity contribution is 5.76. The van der Waals surface area contributed by atoms with E-state index in [2.05, 4.69) is 58.1 Å². The lowest BCUT2D eigenvalue weighted by atomic mass is 9.47. The van der Waals surface area contributed by atoms with Gasteiger partial charge in [0.2, 0.25) is 5.91 Å². The largest absolute Gasteiger partial charge is 0.497 e. The zero-order valence-electron chi connectivity index (χ0n) is 43.1. The fourth-order valence-corrected chi connectivity index (χ4v) is 14.4. The molecule has 2 amide bonds. The number of allylic oxidation sites excluding steroid dienone is 1. The molecule has 9 heteroatoms. The van der Waals surface area contributed by atoms with E-state index in [0.29, 0.717) is 31.3 Å². The fraction of sp³-hybridized carbons (Fsp3) is 0.633. The van der Waals surface area contributed by atoms with Crippen molar-refractivity contribution in [2.75, 3.05) is 40.5 Å². The Morgan fingerprint density at radius 3 is 2.13 bits per heavy atom. The molecule has 4 fully saturated rings. The molecule has 9 nitrogen and oxygen atoms in total. The highest BCUT2D eigenvalue weighted by Crippen LogP contribution is 2.67. The molecule has 5 aliphatic rings. The second-order valence-corrected chi connectivity index (χ2v) is 22.7. The molecule has 0 spiro atoms. The number of β-amino-alcohol motifs (C(OH)–C–C–N with tert-alkyl or cyclic N) is 1. The lowest BCUT2D eigenvalue weighted by Gasteiger charge is -2.58. The lowest BCUT2D eigenvalue weighted by Crippen LogP contribution is -2.51. The number of nitrogens with one attached hydrogen (secondary N) is 1. The van der Waals surface area contributed by atoms with Crippen LogP contribution in [0.25, 0.3) is 0 Å². The molecular weight excluding hydrogens is 861 g/mol. The fourth-order valence-electron chi connectivity index (χ4n) is 14.4. The number of unbranched alkanes of at least 4 members (excludes halogenated alkanes) is 2. The van der Waals surface area contributed by atoms with Crippen LogP contribution in [0.15, 0.2) is 90.5 Å². The number of carbonyl (C=O) groups is 2. The predicted octanol–water partition coefficient (Wildman–Crippen LogP) is 12.5. The summed E-state index contributed by atoms with van der Waals surface area (Å²) < 4.78 is 24.1. The molecule has 0 aromatic heterocycles. The molecule has 3 aromatic rings. The first kappa shape index (κ1) is 51.0. The summed E-state index contributed by atoms with van der Waals surface area (Å²) in [6.45, 7) is 14.0. The van der Waals surface area contributed by atoms with Crippen LogP contribution in [0.4, 0.5) is 4.79 Å². The molecule has 4 aliphatic carbocycles. The Kier molecular flexibility index (Phi) is 16.6. The highest BCUT2D eigenvalue weighted by Gasteiger charge is 2.59. The van der Waals surface area contributed by atoms with Gasteiger partial charge >= 0.3 is 6.09 Å². The highest BCUT2D eigenvalue weighted by atomic mass is 16.6. The van der Waals surface area contributed by atoms with Gasteiger partial charge in [-0.3, -0.25) is 4.79 Å². The topological polar surface area (TPSA) is 107 Å². The minimum Gasteiger partial charge on any atom is -0.497 e. The van der Waals surface area contributed by atoms with E-state index in [-0.39, 0.29) is 42.6 Å². The number of alkyl carbamates (subject to hydrolysis) is 1. The molecule has 3 aromatic carbocycles. The van der Waals surface area contributed by atoms with Crippen molar-refractivity contribution < 1.29 is 33.6 Å². The van der Waals surface area contributed by atoms with Crippen LogP contribution in [0.1, 0.15) is 148 Å². The van der Waals surface area contributed by atoms with Gasteiger partial charge in [-0.15, -0.1) is 0 Å². The number of fused-ring (bicyclic) bond motifs is 5. The predicted molar refractivity (Wildman–Crippen MR) is 274 cm³/mol. The molecule has 8 rings (SSSR count). The molecule has 69 heavy (non-hydrogen) atoms. The Morgan fingerprint density at radius 2 is 1.46 bits per heavy atom. The summed E-state index contributed by atoms with van der Waals surface area (Å²) in [4.78, 5) is 28.3. The number of carbonyl (C=O) groups excluding carboxylic acids is 2. The zero-order valence-corrected chi connectivity index (χ0v) is 43.1. The van der Waals surface area contributed by atoms with Gasteiger partial charge in [-0.25, -0.2) is 4.79 Å². The van der Waals surface area contributed by atoms with Gasteiger partial charge in [0.25, 0.3) is 0 Å². The number of rotatable bonds is 20. The average Bonchev–Trinajstić information content (AvgIpc) is 3.92. The van der Waals surface area contributed by atoms with Crippen molar-refractivity contribution >= 4 is 12.0 Å². The third-order valence-corrected chi connectivity index (χ3v) is 18.3. The molecule has 10 atom stereocenters. The number of ether oxygens (including phenoxy) is 4. The third kappa shape index (κ3) is 11.0.